The third-order valence-corrected chi connectivity index (χ3v) is 5.57. The number of carbonyl (C=O) groups excluding carboxylic acids is 1. The van der Waals surface area contributed by atoms with E-state index in [1.54, 1.807) is 31.4 Å². The number of carbonyl (C=O) groups is 1. The number of fused-ring (bicyclic) bond motifs is 2. The standard InChI is InChI=1S/C19H27N3O5/c1-25-13-7-5-6-12(10-13)20-19(24)21-15-14-11-26-18(27-14)16(17(15)23)22-8-3-2-4-9-22/h5-7,10,14-18,23H,2-4,8-9,11H2,1H3,(H2,20,21,24). The Morgan fingerprint density at radius 1 is 1.30 bits per heavy atom. The van der Waals surface area contributed by atoms with Crippen LogP contribution in [0.4, 0.5) is 10.5 Å². The minimum atomic E-state index is -0.745. The number of urea groups is 1. The number of aliphatic hydroxyl groups excluding tert-OH is 1. The molecule has 1 aromatic carbocycles. The summed E-state index contributed by atoms with van der Waals surface area (Å²) >= 11 is 0. The number of rotatable bonds is 4. The molecule has 0 spiro atoms. The van der Waals surface area contributed by atoms with Crippen molar-refractivity contribution >= 4 is 11.7 Å². The van der Waals surface area contributed by atoms with Crippen LogP contribution in [0.5, 0.6) is 5.75 Å². The number of amides is 2. The predicted octanol–water partition coefficient (Wildman–Crippen LogP) is 1.16. The number of benzene rings is 1. The topological polar surface area (TPSA) is 92.3 Å². The zero-order valence-corrected chi connectivity index (χ0v) is 15.5. The second-order valence-corrected chi connectivity index (χ2v) is 7.31. The third kappa shape index (κ3) is 3.89. The van der Waals surface area contributed by atoms with E-state index in [0.717, 1.165) is 25.9 Å². The zero-order valence-electron chi connectivity index (χ0n) is 15.5. The molecule has 1 aromatic rings. The lowest BCUT2D eigenvalue weighted by Crippen LogP contribution is -2.66. The SMILES string of the molecule is COc1cccc(NC(=O)NC2C3COC(O3)C(N3CCCCC3)C2O)c1. The highest BCUT2D eigenvalue weighted by atomic mass is 16.7. The summed E-state index contributed by atoms with van der Waals surface area (Å²) in [6.07, 6.45) is 1.90. The van der Waals surface area contributed by atoms with Crippen LogP contribution in [0.3, 0.4) is 0 Å². The molecule has 3 heterocycles. The highest BCUT2D eigenvalue weighted by Crippen LogP contribution is 2.32. The van der Waals surface area contributed by atoms with E-state index in [2.05, 4.69) is 15.5 Å². The Labute approximate surface area is 158 Å². The average molecular weight is 377 g/mol. The molecule has 3 fully saturated rings. The summed E-state index contributed by atoms with van der Waals surface area (Å²) in [4.78, 5) is 14.7. The highest BCUT2D eigenvalue weighted by molar-refractivity contribution is 5.89. The van der Waals surface area contributed by atoms with Gasteiger partial charge in [-0.25, -0.2) is 4.79 Å². The molecule has 2 bridgehead atoms. The van der Waals surface area contributed by atoms with Crippen LogP contribution in [0.1, 0.15) is 19.3 Å². The molecule has 3 saturated heterocycles. The lowest BCUT2D eigenvalue weighted by atomic mass is 9.93. The van der Waals surface area contributed by atoms with Gasteiger partial charge in [0.15, 0.2) is 6.29 Å². The summed E-state index contributed by atoms with van der Waals surface area (Å²) in [6, 6.07) is 5.95. The Morgan fingerprint density at radius 3 is 2.89 bits per heavy atom. The summed E-state index contributed by atoms with van der Waals surface area (Å²) in [5.74, 6) is 0.658. The lowest BCUT2D eigenvalue weighted by molar-refractivity contribution is -0.183. The van der Waals surface area contributed by atoms with Gasteiger partial charge in [-0.2, -0.15) is 0 Å². The fourth-order valence-electron chi connectivity index (χ4n) is 4.20. The number of aliphatic hydroxyl groups is 1. The van der Waals surface area contributed by atoms with Crippen molar-refractivity contribution in [1.82, 2.24) is 10.2 Å². The van der Waals surface area contributed by atoms with E-state index in [4.69, 9.17) is 14.2 Å². The molecule has 3 N–H and O–H groups in total. The van der Waals surface area contributed by atoms with E-state index in [1.165, 1.54) is 6.42 Å². The number of nitrogens with zero attached hydrogens (tertiary/aromatic N) is 1. The van der Waals surface area contributed by atoms with Crippen LogP contribution in [-0.4, -0.2) is 73.4 Å². The van der Waals surface area contributed by atoms with Gasteiger partial charge >= 0.3 is 6.03 Å². The van der Waals surface area contributed by atoms with Crippen LogP contribution in [0, 0.1) is 0 Å². The summed E-state index contributed by atoms with van der Waals surface area (Å²) in [6.45, 7) is 2.20. The van der Waals surface area contributed by atoms with Crippen LogP contribution in [-0.2, 0) is 9.47 Å². The van der Waals surface area contributed by atoms with E-state index >= 15 is 0 Å². The molecule has 8 heteroatoms. The molecule has 4 rings (SSSR count). The van der Waals surface area contributed by atoms with Gasteiger partial charge in [-0.1, -0.05) is 12.5 Å². The monoisotopic (exact) mass is 377 g/mol. The molecule has 5 unspecified atom stereocenters. The molecule has 0 saturated carbocycles. The first-order valence-electron chi connectivity index (χ1n) is 9.56. The number of methoxy groups -OCH3 is 1. The summed E-state index contributed by atoms with van der Waals surface area (Å²) < 4.78 is 16.9. The van der Waals surface area contributed by atoms with Crippen LogP contribution >= 0.6 is 0 Å². The molecular formula is C19H27N3O5. The third-order valence-electron chi connectivity index (χ3n) is 5.57. The number of anilines is 1. The molecule has 27 heavy (non-hydrogen) atoms. The molecule has 0 radical (unpaired) electrons. The number of nitrogens with one attached hydrogen (secondary N) is 2. The van der Waals surface area contributed by atoms with E-state index in [9.17, 15) is 9.90 Å². The van der Waals surface area contributed by atoms with Crippen molar-refractivity contribution in [2.75, 3.05) is 32.1 Å². The number of likely N-dealkylation sites (tertiary alicyclic amines) is 1. The molecule has 0 aliphatic carbocycles. The molecule has 2 amide bonds. The molecule has 0 aromatic heterocycles. The molecule has 3 aliphatic rings. The smallest absolute Gasteiger partial charge is 0.319 e. The van der Waals surface area contributed by atoms with Crippen LogP contribution in [0.2, 0.25) is 0 Å². The van der Waals surface area contributed by atoms with Gasteiger partial charge in [0.05, 0.1) is 31.9 Å². The van der Waals surface area contributed by atoms with Gasteiger partial charge in [0, 0.05) is 11.8 Å². The summed E-state index contributed by atoms with van der Waals surface area (Å²) in [7, 11) is 1.58. The number of piperidine rings is 1. The fraction of sp³-hybridized carbons (Fsp3) is 0.632. The van der Waals surface area contributed by atoms with Crippen molar-refractivity contribution in [3.63, 3.8) is 0 Å². The van der Waals surface area contributed by atoms with E-state index < -0.39 is 24.5 Å². The minimum Gasteiger partial charge on any atom is -0.497 e. The Morgan fingerprint density at radius 2 is 2.11 bits per heavy atom. The van der Waals surface area contributed by atoms with Crippen LogP contribution in [0.15, 0.2) is 24.3 Å². The molecule has 5 atom stereocenters. The number of ether oxygens (including phenoxy) is 3. The maximum absolute atomic E-state index is 12.5. The van der Waals surface area contributed by atoms with E-state index in [1.807, 2.05) is 0 Å². The van der Waals surface area contributed by atoms with Crippen molar-refractivity contribution in [2.45, 2.75) is 49.8 Å². The van der Waals surface area contributed by atoms with Gasteiger partial charge in [0.25, 0.3) is 0 Å². The summed E-state index contributed by atoms with van der Waals surface area (Å²) in [5.41, 5.74) is 0.617. The first-order valence-corrected chi connectivity index (χ1v) is 9.56. The van der Waals surface area contributed by atoms with E-state index in [0.29, 0.717) is 18.0 Å². The van der Waals surface area contributed by atoms with Crippen molar-refractivity contribution in [1.29, 1.82) is 0 Å². The van der Waals surface area contributed by atoms with Crippen molar-refractivity contribution < 1.29 is 24.1 Å². The Hall–Kier alpha value is -1.87. The van der Waals surface area contributed by atoms with Crippen LogP contribution in [0.25, 0.3) is 0 Å². The minimum absolute atomic E-state index is 0.258. The second kappa shape index (κ2) is 8.02. The van der Waals surface area contributed by atoms with Gasteiger partial charge in [-0.05, 0) is 38.1 Å². The Balaban J connectivity index is 1.43. The quantitative estimate of drug-likeness (QED) is 0.729. The van der Waals surface area contributed by atoms with Crippen LogP contribution < -0.4 is 15.4 Å². The van der Waals surface area contributed by atoms with E-state index in [-0.39, 0.29) is 12.1 Å². The first-order chi connectivity index (χ1) is 13.2. The van der Waals surface area contributed by atoms with Crippen molar-refractivity contribution in [3.05, 3.63) is 24.3 Å². The first kappa shape index (κ1) is 18.5. The molecule has 3 aliphatic heterocycles. The largest absolute Gasteiger partial charge is 0.497 e. The Kier molecular flexibility index (Phi) is 5.49. The van der Waals surface area contributed by atoms with Gasteiger partial charge in [-0.15, -0.1) is 0 Å². The highest BCUT2D eigenvalue weighted by Gasteiger charge is 2.52. The van der Waals surface area contributed by atoms with Gasteiger partial charge in [0.2, 0.25) is 0 Å². The normalized spacial score (nSPS) is 33.5. The zero-order chi connectivity index (χ0) is 18.8. The van der Waals surface area contributed by atoms with Gasteiger partial charge < -0.3 is 30.0 Å². The number of hydrogen-bond acceptors (Lipinski definition) is 6. The van der Waals surface area contributed by atoms with Gasteiger partial charge in [-0.3, -0.25) is 4.90 Å². The fourth-order valence-corrected chi connectivity index (χ4v) is 4.20. The second-order valence-electron chi connectivity index (χ2n) is 7.31. The lowest BCUT2D eigenvalue weighted by Gasteiger charge is -2.45. The number of hydrogen-bond donors (Lipinski definition) is 3. The van der Waals surface area contributed by atoms with Crippen molar-refractivity contribution in [3.8, 4) is 5.75 Å². The maximum Gasteiger partial charge on any atom is 0.319 e. The average Bonchev–Trinajstić information content (AvgIpc) is 3.11. The molecule has 148 valence electrons. The molecular weight excluding hydrogens is 350 g/mol. The van der Waals surface area contributed by atoms with Gasteiger partial charge in [0.1, 0.15) is 11.9 Å². The maximum atomic E-state index is 12.5. The van der Waals surface area contributed by atoms with Crippen molar-refractivity contribution in [2.24, 2.45) is 0 Å². The predicted molar refractivity (Wildman–Crippen MR) is 98.8 cm³/mol. The Bertz CT molecular complexity index is 667. The molecule has 8 nitrogen and oxygen atoms in total. The summed E-state index contributed by atoms with van der Waals surface area (Å²) in [5, 5.41) is 16.7.